The van der Waals surface area contributed by atoms with E-state index >= 15 is 0 Å². The maximum absolute atomic E-state index is 8.52. The van der Waals surface area contributed by atoms with Crippen LogP contribution in [0.4, 0.5) is 0 Å². The standard InChI is InChI=1S/K.2Mg.2H2O4S/c;;;2*1-5(2,3)4/h;;;2*(H2,1,2,3,4)/q+1;2*+2;;/p-4. The van der Waals surface area contributed by atoms with Crippen LogP contribution >= 0.6 is 0 Å². The summed E-state index contributed by atoms with van der Waals surface area (Å²) in [5.74, 6) is 0. The quantitative estimate of drug-likeness (QED) is 0.240. The average molecular weight is 280 g/mol. The molecule has 0 amide bonds. The zero-order chi connectivity index (χ0) is 9.00. The molecule has 0 aromatic heterocycles. The molecular weight excluding hydrogens is 280 g/mol. The van der Waals surface area contributed by atoms with Gasteiger partial charge in [0.15, 0.2) is 0 Å². The van der Waals surface area contributed by atoms with Gasteiger partial charge in [-0.05, 0) is 0 Å². The van der Waals surface area contributed by atoms with E-state index in [1.807, 2.05) is 0 Å². The molecule has 0 fully saturated rings. The summed E-state index contributed by atoms with van der Waals surface area (Å²) < 4.78 is 68.2. The SMILES string of the molecule is O=S(=O)([O-])[O-].O=S(=O)([O-])[O-].[K+].[Mg+2].[Mg+2]. The minimum Gasteiger partial charge on any atom is -0.759 e. The van der Waals surface area contributed by atoms with Gasteiger partial charge >= 0.3 is 97.5 Å². The Bertz CT molecular complexity index is 217. The van der Waals surface area contributed by atoms with Gasteiger partial charge in [-0.15, -0.1) is 0 Å². The van der Waals surface area contributed by atoms with Crippen molar-refractivity contribution in [1.29, 1.82) is 0 Å². The second-order valence-electron chi connectivity index (χ2n) is 0.816. The van der Waals surface area contributed by atoms with Crippen LogP contribution in [-0.2, 0) is 20.8 Å². The third-order valence-corrected chi connectivity index (χ3v) is 0. The Hall–Kier alpha value is 2.91. The first-order valence-electron chi connectivity index (χ1n) is 1.33. The summed E-state index contributed by atoms with van der Waals surface area (Å²) in [4.78, 5) is 0. The smallest absolute Gasteiger partial charge is 0.759 e. The van der Waals surface area contributed by atoms with Crippen LogP contribution in [0, 0.1) is 0 Å². The van der Waals surface area contributed by atoms with Gasteiger partial charge in [-0.3, -0.25) is 16.8 Å². The van der Waals surface area contributed by atoms with Crippen LogP contribution in [0.1, 0.15) is 0 Å². The van der Waals surface area contributed by atoms with E-state index in [0.717, 1.165) is 0 Å². The van der Waals surface area contributed by atoms with Gasteiger partial charge in [-0.2, -0.15) is 0 Å². The van der Waals surface area contributed by atoms with E-state index in [1.165, 1.54) is 0 Å². The van der Waals surface area contributed by atoms with E-state index in [1.54, 1.807) is 0 Å². The molecule has 0 aliphatic carbocycles. The maximum Gasteiger partial charge on any atom is 2.00 e. The number of hydrogen-bond acceptors (Lipinski definition) is 8. The predicted octanol–water partition coefficient (Wildman–Crippen LogP) is -6.43. The Balaban J connectivity index is -0.0000000267. The molecule has 0 aromatic rings. The molecule has 0 atom stereocenters. The molecule has 0 saturated carbocycles. The molecule has 0 spiro atoms. The fourth-order valence-corrected chi connectivity index (χ4v) is 0. The second-order valence-corrected chi connectivity index (χ2v) is 2.45. The summed E-state index contributed by atoms with van der Waals surface area (Å²) in [5.41, 5.74) is 0. The molecule has 13 heavy (non-hydrogen) atoms. The first-order chi connectivity index (χ1) is 4.00. The third kappa shape index (κ3) is 294. The summed E-state index contributed by atoms with van der Waals surface area (Å²) in [6.07, 6.45) is 0. The first-order valence-corrected chi connectivity index (χ1v) is 4.00. The van der Waals surface area contributed by atoms with E-state index < -0.39 is 20.8 Å². The average Bonchev–Trinajstić information content (AvgIpc) is 1.12. The van der Waals surface area contributed by atoms with Gasteiger partial charge in [-0.25, -0.2) is 0 Å². The van der Waals surface area contributed by atoms with Gasteiger partial charge in [0.2, 0.25) is 0 Å². The molecular formula is KMg2O8S2+. The Morgan fingerprint density at radius 1 is 0.615 bits per heavy atom. The zero-order valence-electron chi connectivity index (χ0n) is 6.50. The van der Waals surface area contributed by atoms with Crippen LogP contribution in [0.15, 0.2) is 0 Å². The number of rotatable bonds is 0. The molecule has 0 aromatic carbocycles. The van der Waals surface area contributed by atoms with Gasteiger partial charge in [0.05, 0.1) is 0 Å². The van der Waals surface area contributed by atoms with E-state index in [9.17, 15) is 0 Å². The summed E-state index contributed by atoms with van der Waals surface area (Å²) in [7, 11) is -10.3. The molecule has 0 aliphatic heterocycles. The molecule has 0 rings (SSSR count). The van der Waals surface area contributed by atoms with Crippen LogP contribution in [0.3, 0.4) is 0 Å². The Kier molecular flexibility index (Phi) is 29.7. The maximum atomic E-state index is 8.52. The van der Waals surface area contributed by atoms with Crippen molar-refractivity contribution in [1.82, 2.24) is 0 Å². The van der Waals surface area contributed by atoms with Crippen molar-refractivity contribution in [2.45, 2.75) is 0 Å². The van der Waals surface area contributed by atoms with Gasteiger partial charge < -0.3 is 18.2 Å². The third-order valence-electron chi connectivity index (χ3n) is 0. The number of hydrogen-bond donors (Lipinski definition) is 0. The van der Waals surface area contributed by atoms with Gasteiger partial charge in [0.25, 0.3) is 0 Å². The fraction of sp³-hybridized carbons (Fsp3) is 0. The van der Waals surface area contributed by atoms with E-state index in [4.69, 9.17) is 35.0 Å². The second kappa shape index (κ2) is 13.0. The predicted molar refractivity (Wildman–Crippen MR) is 32.5 cm³/mol. The largest absolute Gasteiger partial charge is 2.00 e. The van der Waals surface area contributed by atoms with Gasteiger partial charge in [0.1, 0.15) is 0 Å². The van der Waals surface area contributed by atoms with Crippen LogP contribution < -0.4 is 51.4 Å². The summed E-state index contributed by atoms with van der Waals surface area (Å²) in [6.45, 7) is 0. The van der Waals surface area contributed by atoms with Crippen LogP contribution in [0.2, 0.25) is 0 Å². The molecule has 8 nitrogen and oxygen atoms in total. The Morgan fingerprint density at radius 2 is 0.615 bits per heavy atom. The van der Waals surface area contributed by atoms with Crippen LogP contribution in [-0.4, -0.2) is 81.2 Å². The van der Waals surface area contributed by atoms with Crippen molar-refractivity contribution >= 4 is 66.9 Å². The normalized spacial score (nSPS) is 8.92. The van der Waals surface area contributed by atoms with Crippen molar-refractivity contribution in [3.8, 4) is 0 Å². The van der Waals surface area contributed by atoms with Crippen molar-refractivity contribution < 1.29 is 86.4 Å². The van der Waals surface area contributed by atoms with Crippen molar-refractivity contribution in [2.75, 3.05) is 0 Å². The van der Waals surface area contributed by atoms with E-state index in [2.05, 4.69) is 0 Å². The van der Waals surface area contributed by atoms with Gasteiger partial charge in [-0.1, -0.05) is 0 Å². The molecule has 0 aliphatic rings. The molecule has 0 N–H and O–H groups in total. The zero-order valence-corrected chi connectivity index (χ0v) is 14.1. The summed E-state index contributed by atoms with van der Waals surface area (Å²) in [5, 5.41) is 0. The molecule has 0 radical (unpaired) electrons. The van der Waals surface area contributed by atoms with Gasteiger partial charge in [0, 0.05) is 20.8 Å². The van der Waals surface area contributed by atoms with Crippen LogP contribution in [0.5, 0.6) is 0 Å². The van der Waals surface area contributed by atoms with Crippen molar-refractivity contribution in [2.24, 2.45) is 0 Å². The first kappa shape index (κ1) is 29.7. The summed E-state index contributed by atoms with van der Waals surface area (Å²) >= 11 is 0. The molecule has 0 bridgehead atoms. The molecule has 13 heteroatoms. The summed E-state index contributed by atoms with van der Waals surface area (Å²) in [6, 6.07) is 0. The molecule has 0 unspecified atom stereocenters. The van der Waals surface area contributed by atoms with Crippen LogP contribution in [0.25, 0.3) is 0 Å². The van der Waals surface area contributed by atoms with Crippen molar-refractivity contribution in [3.63, 3.8) is 0 Å². The van der Waals surface area contributed by atoms with E-state index in [0.29, 0.717) is 0 Å². The van der Waals surface area contributed by atoms with Crippen molar-refractivity contribution in [3.05, 3.63) is 0 Å². The minimum atomic E-state index is -5.17. The molecule has 0 saturated heterocycles. The Morgan fingerprint density at radius 3 is 0.615 bits per heavy atom. The van der Waals surface area contributed by atoms with E-state index in [-0.39, 0.29) is 97.5 Å². The Labute approximate surface area is 150 Å². The fourth-order valence-electron chi connectivity index (χ4n) is 0. The minimum absolute atomic E-state index is 0. The molecule has 0 heterocycles. The topological polar surface area (TPSA) is 161 Å². The molecule has 64 valence electrons. The monoisotopic (exact) mass is 279 g/mol.